The SMILES string of the molecule is Cc1ccc(S(=O)(=O)CCC(=O)NCc2cccc(NC(=O)c3ccc(F)cc3)c2)cc1. The molecular formula is C24H23FN2O4S. The van der Waals surface area contributed by atoms with Gasteiger partial charge in [0.15, 0.2) is 9.84 Å². The van der Waals surface area contributed by atoms with Gasteiger partial charge in [-0.25, -0.2) is 12.8 Å². The van der Waals surface area contributed by atoms with Crippen molar-refractivity contribution in [1.29, 1.82) is 0 Å². The van der Waals surface area contributed by atoms with E-state index >= 15 is 0 Å². The van der Waals surface area contributed by atoms with Gasteiger partial charge in [-0.15, -0.1) is 0 Å². The van der Waals surface area contributed by atoms with Crippen molar-refractivity contribution in [3.05, 3.63) is 95.3 Å². The number of rotatable bonds is 8. The van der Waals surface area contributed by atoms with Gasteiger partial charge in [-0.05, 0) is 61.0 Å². The molecule has 0 fully saturated rings. The van der Waals surface area contributed by atoms with E-state index in [-0.39, 0.29) is 35.4 Å². The van der Waals surface area contributed by atoms with Gasteiger partial charge in [-0.2, -0.15) is 0 Å². The molecular weight excluding hydrogens is 431 g/mol. The van der Waals surface area contributed by atoms with Gasteiger partial charge < -0.3 is 10.6 Å². The first kappa shape index (κ1) is 23.1. The average molecular weight is 455 g/mol. The molecule has 0 heterocycles. The Kier molecular flexibility index (Phi) is 7.37. The smallest absolute Gasteiger partial charge is 0.255 e. The second kappa shape index (κ2) is 10.2. The van der Waals surface area contributed by atoms with E-state index in [1.165, 1.54) is 36.4 Å². The highest BCUT2D eigenvalue weighted by Gasteiger charge is 2.16. The van der Waals surface area contributed by atoms with E-state index in [9.17, 15) is 22.4 Å². The van der Waals surface area contributed by atoms with Crippen molar-refractivity contribution in [2.75, 3.05) is 11.1 Å². The van der Waals surface area contributed by atoms with Crippen LogP contribution in [0.1, 0.15) is 27.9 Å². The highest BCUT2D eigenvalue weighted by Crippen LogP contribution is 2.14. The molecule has 0 saturated carbocycles. The summed E-state index contributed by atoms with van der Waals surface area (Å²) in [5.41, 5.74) is 2.53. The number of amides is 2. The lowest BCUT2D eigenvalue weighted by molar-refractivity contribution is -0.120. The minimum absolute atomic E-state index is 0.156. The summed E-state index contributed by atoms with van der Waals surface area (Å²) in [6.45, 7) is 2.05. The van der Waals surface area contributed by atoms with Crippen molar-refractivity contribution in [3.8, 4) is 0 Å². The predicted octanol–water partition coefficient (Wildman–Crippen LogP) is 3.87. The van der Waals surface area contributed by atoms with Crippen LogP contribution >= 0.6 is 0 Å². The average Bonchev–Trinajstić information content (AvgIpc) is 2.77. The Morgan fingerprint density at radius 2 is 1.62 bits per heavy atom. The summed E-state index contributed by atoms with van der Waals surface area (Å²) >= 11 is 0. The third-order valence-electron chi connectivity index (χ3n) is 4.76. The number of sulfone groups is 1. The lowest BCUT2D eigenvalue weighted by Gasteiger charge is -2.09. The molecule has 2 amide bonds. The third kappa shape index (κ3) is 6.49. The molecule has 166 valence electrons. The predicted molar refractivity (Wildman–Crippen MR) is 120 cm³/mol. The van der Waals surface area contributed by atoms with E-state index in [0.29, 0.717) is 11.3 Å². The topological polar surface area (TPSA) is 92.3 Å². The molecule has 0 unspecified atom stereocenters. The summed E-state index contributed by atoms with van der Waals surface area (Å²) in [6.07, 6.45) is -0.156. The minimum atomic E-state index is -3.54. The fourth-order valence-electron chi connectivity index (χ4n) is 2.94. The van der Waals surface area contributed by atoms with E-state index in [1.807, 2.05) is 6.92 Å². The quantitative estimate of drug-likeness (QED) is 0.541. The van der Waals surface area contributed by atoms with Crippen LogP contribution in [0, 0.1) is 12.7 Å². The van der Waals surface area contributed by atoms with Gasteiger partial charge >= 0.3 is 0 Å². The number of hydrogen-bond donors (Lipinski definition) is 2. The number of halogens is 1. The molecule has 0 saturated heterocycles. The molecule has 3 aromatic rings. The van der Waals surface area contributed by atoms with Crippen LogP contribution in [-0.4, -0.2) is 26.0 Å². The van der Waals surface area contributed by atoms with Crippen LogP contribution in [0.4, 0.5) is 10.1 Å². The molecule has 0 aliphatic heterocycles. The summed E-state index contributed by atoms with van der Waals surface area (Å²) in [7, 11) is -3.54. The van der Waals surface area contributed by atoms with Gasteiger partial charge in [0.05, 0.1) is 10.6 Å². The zero-order chi connectivity index (χ0) is 23.1. The number of aryl methyl sites for hydroxylation is 1. The Hall–Kier alpha value is -3.52. The Labute approximate surface area is 186 Å². The van der Waals surface area contributed by atoms with E-state index < -0.39 is 15.7 Å². The zero-order valence-electron chi connectivity index (χ0n) is 17.5. The second-order valence-electron chi connectivity index (χ2n) is 7.32. The highest BCUT2D eigenvalue weighted by atomic mass is 32.2. The first-order valence-corrected chi connectivity index (χ1v) is 11.6. The lowest BCUT2D eigenvalue weighted by Crippen LogP contribution is -2.25. The maximum Gasteiger partial charge on any atom is 0.255 e. The molecule has 8 heteroatoms. The molecule has 0 radical (unpaired) electrons. The molecule has 0 aliphatic rings. The lowest BCUT2D eigenvalue weighted by atomic mass is 10.1. The molecule has 3 aromatic carbocycles. The number of nitrogens with one attached hydrogen (secondary N) is 2. The largest absolute Gasteiger partial charge is 0.352 e. The van der Waals surface area contributed by atoms with Crippen molar-refractivity contribution in [2.45, 2.75) is 24.8 Å². The monoisotopic (exact) mass is 454 g/mol. The van der Waals surface area contributed by atoms with Crippen molar-refractivity contribution in [2.24, 2.45) is 0 Å². The van der Waals surface area contributed by atoms with Gasteiger partial charge in [0.25, 0.3) is 5.91 Å². The van der Waals surface area contributed by atoms with Gasteiger partial charge in [-0.1, -0.05) is 29.8 Å². The van der Waals surface area contributed by atoms with Crippen LogP contribution in [-0.2, 0) is 21.2 Å². The summed E-state index contributed by atoms with van der Waals surface area (Å²) < 4.78 is 37.7. The molecule has 2 N–H and O–H groups in total. The number of carbonyl (C=O) groups is 2. The van der Waals surface area contributed by atoms with Gasteiger partial charge in [-0.3, -0.25) is 9.59 Å². The van der Waals surface area contributed by atoms with Crippen LogP contribution < -0.4 is 10.6 Å². The van der Waals surface area contributed by atoms with Crippen LogP contribution in [0.15, 0.2) is 77.7 Å². The van der Waals surface area contributed by atoms with E-state index in [0.717, 1.165) is 11.1 Å². The zero-order valence-corrected chi connectivity index (χ0v) is 18.3. The normalized spacial score (nSPS) is 11.1. The van der Waals surface area contributed by atoms with Gasteiger partial charge in [0.1, 0.15) is 5.82 Å². The number of anilines is 1. The van der Waals surface area contributed by atoms with Crippen LogP contribution in [0.2, 0.25) is 0 Å². The summed E-state index contributed by atoms with van der Waals surface area (Å²) in [5.74, 6) is -1.48. The standard InChI is InChI=1S/C24H23FN2O4S/c1-17-5-11-22(12-6-17)32(30,31)14-13-23(28)26-16-18-3-2-4-21(15-18)27-24(29)19-7-9-20(25)10-8-19/h2-12,15H,13-14,16H2,1H3,(H,26,28)(H,27,29). The van der Waals surface area contributed by atoms with Gasteiger partial charge in [0, 0.05) is 24.2 Å². The maximum atomic E-state index is 13.0. The third-order valence-corrected chi connectivity index (χ3v) is 6.49. The Bertz CT molecular complexity index is 1210. The van der Waals surface area contributed by atoms with Crippen molar-refractivity contribution in [3.63, 3.8) is 0 Å². The summed E-state index contributed by atoms with van der Waals surface area (Å²) in [6, 6.07) is 18.6. The Morgan fingerprint density at radius 1 is 0.938 bits per heavy atom. The molecule has 32 heavy (non-hydrogen) atoms. The highest BCUT2D eigenvalue weighted by molar-refractivity contribution is 7.91. The Morgan fingerprint density at radius 3 is 2.31 bits per heavy atom. The first-order chi connectivity index (χ1) is 15.2. The van der Waals surface area contributed by atoms with Crippen molar-refractivity contribution in [1.82, 2.24) is 5.32 Å². The molecule has 0 aromatic heterocycles. The molecule has 0 spiro atoms. The van der Waals surface area contributed by atoms with Crippen LogP contribution in [0.25, 0.3) is 0 Å². The number of benzene rings is 3. The fourth-order valence-corrected chi connectivity index (χ4v) is 4.18. The van der Waals surface area contributed by atoms with E-state index in [4.69, 9.17) is 0 Å². The minimum Gasteiger partial charge on any atom is -0.352 e. The fraction of sp³-hybridized carbons (Fsp3) is 0.167. The van der Waals surface area contributed by atoms with E-state index in [1.54, 1.807) is 36.4 Å². The second-order valence-corrected chi connectivity index (χ2v) is 9.43. The van der Waals surface area contributed by atoms with Crippen molar-refractivity contribution >= 4 is 27.3 Å². The molecule has 3 rings (SSSR count). The van der Waals surface area contributed by atoms with Crippen LogP contribution in [0.3, 0.4) is 0 Å². The van der Waals surface area contributed by atoms with Crippen LogP contribution in [0.5, 0.6) is 0 Å². The van der Waals surface area contributed by atoms with E-state index in [2.05, 4.69) is 10.6 Å². The van der Waals surface area contributed by atoms with Gasteiger partial charge in [0.2, 0.25) is 5.91 Å². The Balaban J connectivity index is 1.52. The molecule has 0 bridgehead atoms. The summed E-state index contributed by atoms with van der Waals surface area (Å²) in [4.78, 5) is 24.6. The molecule has 6 nitrogen and oxygen atoms in total. The molecule has 0 atom stereocenters. The molecule has 0 aliphatic carbocycles. The summed E-state index contributed by atoms with van der Waals surface area (Å²) in [5, 5.41) is 5.41. The first-order valence-electron chi connectivity index (χ1n) is 9.95. The number of carbonyl (C=O) groups excluding carboxylic acids is 2. The maximum absolute atomic E-state index is 13.0. The number of hydrogen-bond acceptors (Lipinski definition) is 4. The van der Waals surface area contributed by atoms with Crippen molar-refractivity contribution < 1.29 is 22.4 Å².